The average Bonchev–Trinajstić information content (AvgIpc) is 2.67. The van der Waals surface area contributed by atoms with Gasteiger partial charge in [0.05, 0.1) is 0 Å². The second-order valence-electron chi connectivity index (χ2n) is 2.94. The molecule has 4 heteroatoms. The predicted molar refractivity (Wildman–Crippen MR) is 41.8 cm³/mol. The standard InChI is InChI=1S/C7H16N2O2/c8-4-2-1-3-5(9)6-7(10)11-6/h5-7,10H,1-4,8-9H2/t5-,6?,7?/m0/s1. The molecule has 0 radical (unpaired) electrons. The topological polar surface area (TPSA) is 84.8 Å². The van der Waals surface area contributed by atoms with Crippen LogP contribution >= 0.6 is 0 Å². The van der Waals surface area contributed by atoms with Crippen LogP contribution in [0.5, 0.6) is 0 Å². The summed E-state index contributed by atoms with van der Waals surface area (Å²) in [6.07, 6.45) is 2.18. The predicted octanol–water partition coefficient (Wildman–Crippen LogP) is -0.840. The number of hydrogen-bond donors (Lipinski definition) is 3. The Labute approximate surface area is 66.5 Å². The fourth-order valence-corrected chi connectivity index (χ4v) is 1.12. The summed E-state index contributed by atoms with van der Waals surface area (Å²) in [7, 11) is 0. The van der Waals surface area contributed by atoms with Crippen molar-refractivity contribution in [2.75, 3.05) is 6.54 Å². The first kappa shape index (κ1) is 8.93. The molecule has 1 rings (SSSR count). The Morgan fingerprint density at radius 2 is 2.09 bits per heavy atom. The molecule has 0 aliphatic carbocycles. The van der Waals surface area contributed by atoms with E-state index in [1.807, 2.05) is 0 Å². The number of nitrogens with two attached hydrogens (primary N) is 2. The molecule has 1 aliphatic rings. The zero-order valence-electron chi connectivity index (χ0n) is 6.57. The van der Waals surface area contributed by atoms with Crippen molar-refractivity contribution in [3.63, 3.8) is 0 Å². The zero-order chi connectivity index (χ0) is 8.27. The van der Waals surface area contributed by atoms with Crippen molar-refractivity contribution in [2.45, 2.75) is 37.7 Å². The summed E-state index contributed by atoms with van der Waals surface area (Å²) < 4.78 is 4.81. The van der Waals surface area contributed by atoms with Crippen molar-refractivity contribution in [2.24, 2.45) is 11.5 Å². The maximum absolute atomic E-state index is 8.83. The highest BCUT2D eigenvalue weighted by molar-refractivity contribution is 4.85. The minimum absolute atomic E-state index is 0.0171. The van der Waals surface area contributed by atoms with Gasteiger partial charge in [-0.1, -0.05) is 6.42 Å². The van der Waals surface area contributed by atoms with Gasteiger partial charge in [-0.15, -0.1) is 0 Å². The quantitative estimate of drug-likeness (QED) is 0.361. The van der Waals surface area contributed by atoms with Crippen LogP contribution < -0.4 is 11.5 Å². The van der Waals surface area contributed by atoms with Gasteiger partial charge < -0.3 is 21.3 Å². The van der Waals surface area contributed by atoms with E-state index >= 15 is 0 Å². The first-order valence-corrected chi connectivity index (χ1v) is 4.05. The van der Waals surface area contributed by atoms with E-state index < -0.39 is 6.29 Å². The molecule has 0 saturated carbocycles. The molecule has 66 valence electrons. The molecule has 0 aromatic rings. The highest BCUT2D eigenvalue weighted by Crippen LogP contribution is 2.23. The maximum atomic E-state index is 8.83. The van der Waals surface area contributed by atoms with Crippen molar-refractivity contribution in [3.8, 4) is 0 Å². The number of epoxide rings is 1. The van der Waals surface area contributed by atoms with Crippen molar-refractivity contribution in [3.05, 3.63) is 0 Å². The van der Waals surface area contributed by atoms with Crippen molar-refractivity contribution < 1.29 is 9.84 Å². The summed E-state index contributed by atoms with van der Waals surface area (Å²) in [6, 6.07) is -0.0171. The molecule has 1 aliphatic heterocycles. The average molecular weight is 160 g/mol. The fourth-order valence-electron chi connectivity index (χ4n) is 1.12. The number of ether oxygens (including phenoxy) is 1. The smallest absolute Gasteiger partial charge is 0.183 e. The molecular weight excluding hydrogens is 144 g/mol. The second-order valence-corrected chi connectivity index (χ2v) is 2.94. The molecule has 0 spiro atoms. The van der Waals surface area contributed by atoms with Gasteiger partial charge >= 0.3 is 0 Å². The summed E-state index contributed by atoms with van der Waals surface area (Å²) in [5.41, 5.74) is 11.0. The van der Waals surface area contributed by atoms with Crippen molar-refractivity contribution in [1.29, 1.82) is 0 Å². The molecule has 0 amide bonds. The Hall–Kier alpha value is -0.160. The van der Waals surface area contributed by atoms with Crippen LogP contribution in [0.4, 0.5) is 0 Å². The summed E-state index contributed by atoms with van der Waals surface area (Å²) >= 11 is 0. The van der Waals surface area contributed by atoms with Crippen LogP contribution in [-0.2, 0) is 4.74 Å². The molecule has 5 N–H and O–H groups in total. The first-order valence-electron chi connectivity index (χ1n) is 4.05. The van der Waals surface area contributed by atoms with E-state index in [0.29, 0.717) is 6.54 Å². The molecule has 0 aromatic heterocycles. The van der Waals surface area contributed by atoms with Crippen LogP contribution in [0.25, 0.3) is 0 Å². The lowest BCUT2D eigenvalue weighted by Gasteiger charge is -2.05. The Morgan fingerprint density at radius 1 is 1.45 bits per heavy atom. The molecule has 1 fully saturated rings. The Morgan fingerprint density at radius 3 is 2.55 bits per heavy atom. The van der Waals surface area contributed by atoms with Gasteiger partial charge in [-0.25, -0.2) is 0 Å². The summed E-state index contributed by atoms with van der Waals surface area (Å²) in [5.74, 6) is 0. The molecule has 2 unspecified atom stereocenters. The summed E-state index contributed by atoms with van der Waals surface area (Å²) in [6.45, 7) is 0.709. The van der Waals surface area contributed by atoms with Gasteiger partial charge in [0.1, 0.15) is 6.10 Å². The largest absolute Gasteiger partial charge is 0.366 e. The van der Waals surface area contributed by atoms with E-state index in [4.69, 9.17) is 21.3 Å². The molecule has 3 atom stereocenters. The minimum atomic E-state index is -0.608. The third kappa shape index (κ3) is 2.75. The van der Waals surface area contributed by atoms with Gasteiger partial charge in [-0.2, -0.15) is 0 Å². The Kier molecular flexibility index (Phi) is 3.26. The third-order valence-corrected chi connectivity index (χ3v) is 1.91. The number of aliphatic hydroxyl groups is 1. The highest BCUT2D eigenvalue weighted by Gasteiger charge is 2.41. The molecule has 4 nitrogen and oxygen atoms in total. The molecule has 11 heavy (non-hydrogen) atoms. The molecule has 1 saturated heterocycles. The summed E-state index contributed by atoms with van der Waals surface area (Å²) in [4.78, 5) is 0. The monoisotopic (exact) mass is 160 g/mol. The molecule has 1 heterocycles. The van der Waals surface area contributed by atoms with E-state index in [9.17, 15) is 0 Å². The van der Waals surface area contributed by atoms with Crippen LogP contribution in [0.3, 0.4) is 0 Å². The van der Waals surface area contributed by atoms with Crippen molar-refractivity contribution in [1.82, 2.24) is 0 Å². The minimum Gasteiger partial charge on any atom is -0.366 e. The van der Waals surface area contributed by atoms with E-state index in [0.717, 1.165) is 19.3 Å². The van der Waals surface area contributed by atoms with E-state index in [-0.39, 0.29) is 12.1 Å². The van der Waals surface area contributed by atoms with Gasteiger partial charge in [0.15, 0.2) is 6.29 Å². The van der Waals surface area contributed by atoms with Crippen LogP contribution in [0.15, 0.2) is 0 Å². The van der Waals surface area contributed by atoms with E-state index in [1.54, 1.807) is 0 Å². The van der Waals surface area contributed by atoms with Crippen molar-refractivity contribution >= 4 is 0 Å². The number of unbranched alkanes of at least 4 members (excludes halogenated alkanes) is 1. The number of rotatable bonds is 5. The normalized spacial score (nSPS) is 31.9. The Balaban J connectivity index is 1.98. The van der Waals surface area contributed by atoms with Gasteiger partial charge in [-0.05, 0) is 19.4 Å². The van der Waals surface area contributed by atoms with E-state index in [2.05, 4.69) is 0 Å². The van der Waals surface area contributed by atoms with Crippen LogP contribution in [0, 0.1) is 0 Å². The van der Waals surface area contributed by atoms with Crippen LogP contribution in [0.1, 0.15) is 19.3 Å². The second kappa shape index (κ2) is 4.01. The van der Waals surface area contributed by atoms with Gasteiger partial charge in [0.2, 0.25) is 0 Å². The fraction of sp³-hybridized carbons (Fsp3) is 1.00. The lowest BCUT2D eigenvalue weighted by molar-refractivity contribution is 0.155. The van der Waals surface area contributed by atoms with Crippen LogP contribution in [-0.4, -0.2) is 30.1 Å². The summed E-state index contributed by atoms with van der Waals surface area (Å²) in [5, 5.41) is 8.83. The molecule has 0 aromatic carbocycles. The van der Waals surface area contributed by atoms with Gasteiger partial charge in [0.25, 0.3) is 0 Å². The Bertz CT molecular complexity index is 121. The third-order valence-electron chi connectivity index (χ3n) is 1.91. The lowest BCUT2D eigenvalue weighted by Crippen LogP contribution is -2.28. The number of aliphatic hydroxyl groups excluding tert-OH is 1. The highest BCUT2D eigenvalue weighted by atomic mass is 16.7. The van der Waals surface area contributed by atoms with Gasteiger partial charge in [0, 0.05) is 6.04 Å². The molecule has 0 bridgehead atoms. The lowest BCUT2D eigenvalue weighted by atomic mass is 10.1. The van der Waals surface area contributed by atoms with E-state index in [1.165, 1.54) is 0 Å². The van der Waals surface area contributed by atoms with Crippen LogP contribution in [0.2, 0.25) is 0 Å². The zero-order valence-corrected chi connectivity index (χ0v) is 6.57. The number of hydrogen-bond acceptors (Lipinski definition) is 4. The maximum Gasteiger partial charge on any atom is 0.183 e. The first-order chi connectivity index (χ1) is 5.25. The van der Waals surface area contributed by atoms with Gasteiger partial charge in [-0.3, -0.25) is 0 Å². The SMILES string of the molecule is NCCCC[C@H](N)C1OC1O. The molecular formula is C7H16N2O2.